The van der Waals surface area contributed by atoms with Gasteiger partial charge in [-0.05, 0) is 25.2 Å². The predicted molar refractivity (Wildman–Crippen MR) is 71.2 cm³/mol. The SMILES string of the molecule is CCn1ccnc(NCC2(CC(=O)O)CCC2)c1=O. The third-order valence-corrected chi connectivity index (χ3v) is 3.83. The Labute approximate surface area is 111 Å². The van der Waals surface area contributed by atoms with E-state index < -0.39 is 5.97 Å². The van der Waals surface area contributed by atoms with Crippen LogP contribution in [0.15, 0.2) is 17.2 Å². The summed E-state index contributed by atoms with van der Waals surface area (Å²) in [7, 11) is 0. The fourth-order valence-corrected chi connectivity index (χ4v) is 2.50. The second-order valence-corrected chi connectivity index (χ2v) is 5.14. The summed E-state index contributed by atoms with van der Waals surface area (Å²) in [5, 5.41) is 12.0. The molecule has 2 N–H and O–H groups in total. The molecule has 1 aliphatic rings. The van der Waals surface area contributed by atoms with E-state index in [1.165, 1.54) is 0 Å². The average Bonchev–Trinajstić information content (AvgIpc) is 2.33. The van der Waals surface area contributed by atoms with Crippen LogP contribution >= 0.6 is 0 Å². The van der Waals surface area contributed by atoms with Crippen LogP contribution in [0.2, 0.25) is 0 Å². The molecule has 2 rings (SSSR count). The van der Waals surface area contributed by atoms with Crippen molar-refractivity contribution < 1.29 is 9.90 Å². The van der Waals surface area contributed by atoms with Crippen LogP contribution in [0.1, 0.15) is 32.6 Å². The van der Waals surface area contributed by atoms with Crippen LogP contribution in [-0.2, 0) is 11.3 Å². The minimum Gasteiger partial charge on any atom is -0.481 e. The van der Waals surface area contributed by atoms with Crippen molar-refractivity contribution in [2.45, 2.75) is 39.2 Å². The number of aryl methyl sites for hydroxylation is 1. The van der Waals surface area contributed by atoms with Crippen LogP contribution in [0.5, 0.6) is 0 Å². The van der Waals surface area contributed by atoms with Crippen molar-refractivity contribution in [3.05, 3.63) is 22.7 Å². The van der Waals surface area contributed by atoms with Crippen molar-refractivity contribution in [1.82, 2.24) is 9.55 Å². The molecular weight excluding hydrogens is 246 g/mol. The highest BCUT2D eigenvalue weighted by atomic mass is 16.4. The Kier molecular flexibility index (Phi) is 3.87. The lowest BCUT2D eigenvalue weighted by molar-refractivity contribution is -0.141. The van der Waals surface area contributed by atoms with E-state index in [-0.39, 0.29) is 17.4 Å². The molecule has 0 atom stereocenters. The Balaban J connectivity index is 2.06. The second-order valence-electron chi connectivity index (χ2n) is 5.14. The highest BCUT2D eigenvalue weighted by Gasteiger charge is 2.39. The molecule has 19 heavy (non-hydrogen) atoms. The van der Waals surface area contributed by atoms with E-state index in [0.29, 0.717) is 18.9 Å². The number of rotatable bonds is 6. The van der Waals surface area contributed by atoms with Crippen LogP contribution in [-0.4, -0.2) is 27.2 Å². The molecule has 0 spiro atoms. The van der Waals surface area contributed by atoms with E-state index in [1.54, 1.807) is 17.0 Å². The minimum atomic E-state index is -0.784. The Morgan fingerprint density at radius 3 is 2.84 bits per heavy atom. The number of carbonyl (C=O) groups is 1. The van der Waals surface area contributed by atoms with Gasteiger partial charge in [-0.3, -0.25) is 9.59 Å². The van der Waals surface area contributed by atoms with E-state index in [2.05, 4.69) is 10.3 Å². The zero-order valence-corrected chi connectivity index (χ0v) is 11.1. The Morgan fingerprint density at radius 2 is 2.32 bits per heavy atom. The molecule has 6 heteroatoms. The molecule has 0 bridgehead atoms. The molecular formula is C13H19N3O3. The maximum absolute atomic E-state index is 12.0. The highest BCUT2D eigenvalue weighted by Crippen LogP contribution is 2.43. The van der Waals surface area contributed by atoms with Gasteiger partial charge in [-0.2, -0.15) is 0 Å². The van der Waals surface area contributed by atoms with Gasteiger partial charge in [0.1, 0.15) is 0 Å². The van der Waals surface area contributed by atoms with Gasteiger partial charge in [0.25, 0.3) is 5.56 Å². The van der Waals surface area contributed by atoms with Gasteiger partial charge >= 0.3 is 5.97 Å². The van der Waals surface area contributed by atoms with E-state index in [4.69, 9.17) is 5.11 Å². The maximum Gasteiger partial charge on any atom is 0.303 e. The first kappa shape index (κ1) is 13.6. The van der Waals surface area contributed by atoms with Gasteiger partial charge in [0, 0.05) is 25.5 Å². The van der Waals surface area contributed by atoms with Crippen LogP contribution < -0.4 is 10.9 Å². The van der Waals surface area contributed by atoms with Gasteiger partial charge in [-0.25, -0.2) is 4.98 Å². The smallest absolute Gasteiger partial charge is 0.303 e. The van der Waals surface area contributed by atoms with Crippen LogP contribution in [0, 0.1) is 5.41 Å². The first-order valence-electron chi connectivity index (χ1n) is 6.57. The minimum absolute atomic E-state index is 0.148. The van der Waals surface area contributed by atoms with Gasteiger partial charge in [-0.15, -0.1) is 0 Å². The molecule has 0 amide bonds. The van der Waals surface area contributed by atoms with Crippen molar-refractivity contribution in [3.63, 3.8) is 0 Å². The highest BCUT2D eigenvalue weighted by molar-refractivity contribution is 5.68. The van der Waals surface area contributed by atoms with Crippen LogP contribution in [0.4, 0.5) is 5.82 Å². The van der Waals surface area contributed by atoms with Gasteiger partial charge < -0.3 is 15.0 Å². The van der Waals surface area contributed by atoms with Gasteiger partial charge in [-0.1, -0.05) is 6.42 Å². The van der Waals surface area contributed by atoms with E-state index in [1.807, 2.05) is 6.92 Å². The number of aromatic nitrogens is 2. The largest absolute Gasteiger partial charge is 0.481 e. The molecule has 1 heterocycles. The summed E-state index contributed by atoms with van der Waals surface area (Å²) in [6.45, 7) is 2.98. The Bertz CT molecular complexity index is 520. The van der Waals surface area contributed by atoms with Crippen molar-refractivity contribution in [3.8, 4) is 0 Å². The topological polar surface area (TPSA) is 84.2 Å². The van der Waals surface area contributed by atoms with Gasteiger partial charge in [0.2, 0.25) is 0 Å². The van der Waals surface area contributed by atoms with Crippen molar-refractivity contribution in [2.24, 2.45) is 5.41 Å². The lowest BCUT2D eigenvalue weighted by Crippen LogP contribution is -2.39. The number of hydrogen-bond acceptors (Lipinski definition) is 4. The summed E-state index contributed by atoms with van der Waals surface area (Å²) in [6.07, 6.45) is 6.20. The average molecular weight is 265 g/mol. The molecule has 0 saturated heterocycles. The molecule has 6 nitrogen and oxygen atoms in total. The monoisotopic (exact) mass is 265 g/mol. The Morgan fingerprint density at radius 1 is 1.58 bits per heavy atom. The molecule has 0 unspecified atom stereocenters. The van der Waals surface area contributed by atoms with Crippen molar-refractivity contribution >= 4 is 11.8 Å². The maximum atomic E-state index is 12.0. The number of hydrogen-bond donors (Lipinski definition) is 2. The summed E-state index contributed by atoms with van der Waals surface area (Å²) in [5.74, 6) is -0.477. The van der Waals surface area contributed by atoms with E-state index in [9.17, 15) is 9.59 Å². The zero-order chi connectivity index (χ0) is 13.9. The first-order chi connectivity index (χ1) is 9.06. The standard InChI is InChI=1S/C13H19N3O3/c1-2-16-7-6-14-11(12(16)19)15-9-13(4-3-5-13)8-10(17)18/h6-7H,2-5,8-9H2,1H3,(H,14,15)(H,17,18). The Hall–Kier alpha value is -1.85. The summed E-state index contributed by atoms with van der Waals surface area (Å²) in [6, 6.07) is 0. The molecule has 0 radical (unpaired) electrons. The predicted octanol–water partition coefficient (Wildman–Crippen LogP) is 1.32. The number of carboxylic acid groups (broad SMARTS) is 1. The lowest BCUT2D eigenvalue weighted by Gasteiger charge is -2.40. The normalized spacial score (nSPS) is 16.7. The van der Waals surface area contributed by atoms with E-state index >= 15 is 0 Å². The van der Waals surface area contributed by atoms with Gasteiger partial charge in [0.05, 0.1) is 6.42 Å². The van der Waals surface area contributed by atoms with Crippen molar-refractivity contribution in [2.75, 3.05) is 11.9 Å². The number of carboxylic acids is 1. The molecule has 104 valence electrons. The first-order valence-corrected chi connectivity index (χ1v) is 6.57. The number of nitrogens with zero attached hydrogens (tertiary/aromatic N) is 2. The van der Waals surface area contributed by atoms with Crippen LogP contribution in [0.25, 0.3) is 0 Å². The lowest BCUT2D eigenvalue weighted by atomic mass is 9.66. The van der Waals surface area contributed by atoms with Gasteiger partial charge in [0.15, 0.2) is 5.82 Å². The molecule has 0 aliphatic heterocycles. The van der Waals surface area contributed by atoms with E-state index in [0.717, 1.165) is 19.3 Å². The molecule has 1 aliphatic carbocycles. The summed E-state index contributed by atoms with van der Waals surface area (Å²) in [4.78, 5) is 26.9. The molecule has 1 fully saturated rings. The fraction of sp³-hybridized carbons (Fsp3) is 0.615. The summed E-state index contributed by atoms with van der Waals surface area (Å²) in [5.41, 5.74) is -0.373. The number of anilines is 1. The zero-order valence-electron chi connectivity index (χ0n) is 11.1. The second kappa shape index (κ2) is 5.42. The van der Waals surface area contributed by atoms with Crippen molar-refractivity contribution in [1.29, 1.82) is 0 Å². The molecule has 0 aromatic carbocycles. The quantitative estimate of drug-likeness (QED) is 0.810. The third-order valence-electron chi connectivity index (χ3n) is 3.83. The molecule has 1 aromatic rings. The number of aliphatic carboxylic acids is 1. The fourth-order valence-electron chi connectivity index (χ4n) is 2.50. The number of nitrogens with one attached hydrogen (secondary N) is 1. The molecule has 1 saturated carbocycles. The third kappa shape index (κ3) is 2.94. The summed E-state index contributed by atoms with van der Waals surface area (Å²) >= 11 is 0. The van der Waals surface area contributed by atoms with Crippen LogP contribution in [0.3, 0.4) is 0 Å². The molecule has 1 aromatic heterocycles. The summed E-state index contributed by atoms with van der Waals surface area (Å²) < 4.78 is 1.57.